The van der Waals surface area contributed by atoms with Crippen LogP contribution in [0.15, 0.2) is 48.5 Å². The zero-order chi connectivity index (χ0) is 14.5. The number of carbonyl (C=O) groups is 1. The molecule has 0 saturated carbocycles. The maximum absolute atomic E-state index is 12.1. The van der Waals surface area contributed by atoms with Crippen molar-refractivity contribution in [2.75, 3.05) is 13.6 Å². The van der Waals surface area contributed by atoms with E-state index in [4.69, 9.17) is 0 Å². The van der Waals surface area contributed by atoms with Crippen molar-refractivity contribution in [3.05, 3.63) is 59.7 Å². The first-order valence-corrected chi connectivity index (χ1v) is 6.34. The van der Waals surface area contributed by atoms with E-state index in [0.717, 1.165) is 5.56 Å². The number of hydrogen-bond acceptors (Lipinski definition) is 4. The molecule has 2 aromatic carbocycles. The smallest absolute Gasteiger partial charge is 0.176 e. The van der Waals surface area contributed by atoms with Gasteiger partial charge in [-0.1, -0.05) is 30.3 Å². The summed E-state index contributed by atoms with van der Waals surface area (Å²) in [7, 11) is 1.87. The van der Waals surface area contributed by atoms with Crippen molar-refractivity contribution in [3.63, 3.8) is 0 Å². The first-order valence-electron chi connectivity index (χ1n) is 6.34. The van der Waals surface area contributed by atoms with Gasteiger partial charge in [0.2, 0.25) is 0 Å². The number of nitrogens with zero attached hydrogens (tertiary/aromatic N) is 1. The molecule has 0 aliphatic heterocycles. The summed E-state index contributed by atoms with van der Waals surface area (Å²) >= 11 is 0. The Morgan fingerprint density at radius 2 is 1.75 bits per heavy atom. The van der Waals surface area contributed by atoms with Crippen LogP contribution in [0.2, 0.25) is 0 Å². The quantitative estimate of drug-likeness (QED) is 0.647. The minimum absolute atomic E-state index is 0.0984. The first-order chi connectivity index (χ1) is 9.56. The van der Waals surface area contributed by atoms with Gasteiger partial charge in [-0.05, 0) is 30.8 Å². The number of likely N-dealkylation sites (N-methyl/N-ethyl adjacent to an activating group) is 1. The minimum atomic E-state index is -0.276. The number of carbonyl (C=O) groups excluding carboxylic acids is 1. The van der Waals surface area contributed by atoms with Crippen LogP contribution in [0.25, 0.3) is 0 Å². The summed E-state index contributed by atoms with van der Waals surface area (Å²) in [6.07, 6.45) is 0. The monoisotopic (exact) mass is 271 g/mol. The van der Waals surface area contributed by atoms with Crippen LogP contribution in [0, 0.1) is 0 Å². The summed E-state index contributed by atoms with van der Waals surface area (Å²) < 4.78 is 0. The van der Waals surface area contributed by atoms with Crippen LogP contribution in [0.4, 0.5) is 0 Å². The normalized spacial score (nSPS) is 10.7. The van der Waals surface area contributed by atoms with E-state index in [-0.39, 0.29) is 23.8 Å². The van der Waals surface area contributed by atoms with Gasteiger partial charge in [0.25, 0.3) is 0 Å². The van der Waals surface area contributed by atoms with Crippen LogP contribution in [0.3, 0.4) is 0 Å². The molecule has 2 aromatic rings. The van der Waals surface area contributed by atoms with E-state index in [2.05, 4.69) is 0 Å². The van der Waals surface area contributed by atoms with Crippen LogP contribution in [0.1, 0.15) is 15.9 Å². The number of phenolic OH excluding ortho intramolecular Hbond substituents is 2. The highest BCUT2D eigenvalue weighted by Gasteiger charge is 2.11. The van der Waals surface area contributed by atoms with E-state index >= 15 is 0 Å². The molecule has 0 amide bonds. The summed E-state index contributed by atoms with van der Waals surface area (Å²) in [6.45, 7) is 0.926. The third kappa shape index (κ3) is 3.59. The molecule has 0 radical (unpaired) electrons. The predicted octanol–water partition coefficient (Wildman–Crippen LogP) is 2.41. The van der Waals surface area contributed by atoms with Gasteiger partial charge < -0.3 is 10.2 Å². The van der Waals surface area contributed by atoms with Crippen LogP contribution in [-0.2, 0) is 6.54 Å². The van der Waals surface area contributed by atoms with Gasteiger partial charge >= 0.3 is 0 Å². The summed E-state index contributed by atoms with van der Waals surface area (Å²) in [5.74, 6) is -0.598. The second-order valence-corrected chi connectivity index (χ2v) is 4.78. The average molecular weight is 271 g/mol. The number of Topliss-reactive ketones (excluding diaryl/α,β-unsaturated/α-hetero) is 1. The number of hydrogen-bond donors (Lipinski definition) is 2. The van der Waals surface area contributed by atoms with Crippen molar-refractivity contribution < 1.29 is 15.0 Å². The van der Waals surface area contributed by atoms with Gasteiger partial charge in [0.05, 0.1) is 6.54 Å². The van der Waals surface area contributed by atoms with Crippen molar-refractivity contribution in [1.29, 1.82) is 0 Å². The van der Waals surface area contributed by atoms with Gasteiger partial charge in [-0.15, -0.1) is 0 Å². The Morgan fingerprint density at radius 3 is 2.40 bits per heavy atom. The fraction of sp³-hybridized carbons (Fsp3) is 0.188. The fourth-order valence-corrected chi connectivity index (χ4v) is 1.98. The molecule has 2 rings (SSSR count). The number of rotatable bonds is 5. The third-order valence-corrected chi connectivity index (χ3v) is 3.01. The Kier molecular flexibility index (Phi) is 4.38. The Balaban J connectivity index is 1.98. The molecular formula is C16H17NO3. The molecule has 4 nitrogen and oxygen atoms in total. The van der Waals surface area contributed by atoms with Crippen molar-refractivity contribution >= 4 is 5.78 Å². The second-order valence-electron chi connectivity index (χ2n) is 4.78. The van der Waals surface area contributed by atoms with E-state index in [1.807, 2.05) is 42.3 Å². The van der Waals surface area contributed by atoms with Gasteiger partial charge in [0.15, 0.2) is 17.3 Å². The van der Waals surface area contributed by atoms with Gasteiger partial charge in [-0.25, -0.2) is 0 Å². The van der Waals surface area contributed by atoms with E-state index < -0.39 is 0 Å². The zero-order valence-corrected chi connectivity index (χ0v) is 11.3. The topological polar surface area (TPSA) is 60.8 Å². The number of benzene rings is 2. The van der Waals surface area contributed by atoms with E-state index in [1.54, 1.807) is 0 Å². The fourth-order valence-electron chi connectivity index (χ4n) is 1.98. The average Bonchev–Trinajstić information content (AvgIpc) is 2.42. The van der Waals surface area contributed by atoms with Crippen molar-refractivity contribution in [2.24, 2.45) is 0 Å². The van der Waals surface area contributed by atoms with Crippen LogP contribution in [0.5, 0.6) is 11.5 Å². The molecule has 0 saturated heterocycles. The molecule has 0 unspecified atom stereocenters. The lowest BCUT2D eigenvalue weighted by atomic mass is 10.1. The van der Waals surface area contributed by atoms with Gasteiger partial charge in [-0.3, -0.25) is 9.69 Å². The standard InChI is InChI=1S/C16H17NO3/c1-17(10-12-5-3-2-4-6-12)11-16(20)13-7-8-14(18)15(19)9-13/h2-9,18-19H,10-11H2,1H3. The Labute approximate surface area is 117 Å². The van der Waals surface area contributed by atoms with Crippen molar-refractivity contribution in [3.8, 4) is 11.5 Å². The maximum Gasteiger partial charge on any atom is 0.176 e. The van der Waals surface area contributed by atoms with Crippen molar-refractivity contribution in [2.45, 2.75) is 6.54 Å². The summed E-state index contributed by atoms with van der Waals surface area (Å²) in [5.41, 5.74) is 1.52. The lowest BCUT2D eigenvalue weighted by Crippen LogP contribution is -2.25. The van der Waals surface area contributed by atoms with Crippen molar-refractivity contribution in [1.82, 2.24) is 4.90 Å². The molecular weight excluding hydrogens is 254 g/mol. The number of aromatic hydroxyl groups is 2. The summed E-state index contributed by atoms with van der Waals surface area (Å²) in [4.78, 5) is 14.0. The SMILES string of the molecule is CN(CC(=O)c1ccc(O)c(O)c1)Cc1ccccc1. The second kappa shape index (κ2) is 6.21. The summed E-state index contributed by atoms with van der Waals surface area (Å²) in [6, 6.07) is 14.0. The maximum atomic E-state index is 12.1. The third-order valence-electron chi connectivity index (χ3n) is 3.01. The molecule has 0 aliphatic carbocycles. The predicted molar refractivity (Wildman–Crippen MR) is 76.9 cm³/mol. The van der Waals surface area contributed by atoms with Crippen LogP contribution >= 0.6 is 0 Å². The molecule has 0 aliphatic rings. The molecule has 0 aromatic heterocycles. The zero-order valence-electron chi connectivity index (χ0n) is 11.3. The van der Waals surface area contributed by atoms with E-state index in [1.165, 1.54) is 18.2 Å². The van der Waals surface area contributed by atoms with E-state index in [0.29, 0.717) is 12.1 Å². The minimum Gasteiger partial charge on any atom is -0.504 e. The first kappa shape index (κ1) is 14.1. The Morgan fingerprint density at radius 1 is 1.05 bits per heavy atom. The molecule has 2 N–H and O–H groups in total. The number of ketones is 1. The molecule has 104 valence electrons. The van der Waals surface area contributed by atoms with Gasteiger partial charge in [0, 0.05) is 12.1 Å². The molecule has 0 spiro atoms. The molecule has 0 heterocycles. The molecule has 4 heteroatoms. The Hall–Kier alpha value is -2.33. The lowest BCUT2D eigenvalue weighted by Gasteiger charge is -2.16. The molecule has 0 atom stereocenters. The van der Waals surface area contributed by atoms with Gasteiger partial charge in [-0.2, -0.15) is 0 Å². The molecule has 0 bridgehead atoms. The van der Waals surface area contributed by atoms with Gasteiger partial charge in [0.1, 0.15) is 0 Å². The highest BCUT2D eigenvalue weighted by Crippen LogP contribution is 2.25. The highest BCUT2D eigenvalue weighted by molar-refractivity contribution is 5.98. The van der Waals surface area contributed by atoms with Crippen LogP contribution in [-0.4, -0.2) is 34.5 Å². The largest absolute Gasteiger partial charge is 0.504 e. The Bertz CT molecular complexity index is 596. The van der Waals surface area contributed by atoms with Crippen LogP contribution < -0.4 is 0 Å². The molecule has 20 heavy (non-hydrogen) atoms. The van der Waals surface area contributed by atoms with E-state index in [9.17, 15) is 15.0 Å². The summed E-state index contributed by atoms with van der Waals surface area (Å²) in [5, 5.41) is 18.6. The highest BCUT2D eigenvalue weighted by atomic mass is 16.3. The lowest BCUT2D eigenvalue weighted by molar-refractivity contribution is 0.0942. The molecule has 0 fully saturated rings. The number of phenols is 2.